The predicted octanol–water partition coefficient (Wildman–Crippen LogP) is 3.71. The molecule has 0 radical (unpaired) electrons. The zero-order chi connectivity index (χ0) is 9.10. The molecule has 0 amide bonds. The van der Waals surface area contributed by atoms with Crippen molar-refractivity contribution in [3.63, 3.8) is 0 Å². The van der Waals surface area contributed by atoms with Crippen LogP contribution in [0.4, 0.5) is 0 Å². The van der Waals surface area contributed by atoms with Crippen molar-refractivity contribution in [3.8, 4) is 0 Å². The molecule has 13 heavy (non-hydrogen) atoms. The highest BCUT2D eigenvalue weighted by atomic mass is 16.3. The topological polar surface area (TPSA) is 13.1 Å². The van der Waals surface area contributed by atoms with Gasteiger partial charge in [-0.3, -0.25) is 0 Å². The van der Waals surface area contributed by atoms with Crippen molar-refractivity contribution < 1.29 is 4.42 Å². The van der Waals surface area contributed by atoms with Crippen LogP contribution in [-0.2, 0) is 6.42 Å². The lowest BCUT2D eigenvalue weighted by Gasteiger charge is -2.05. The lowest BCUT2D eigenvalue weighted by Crippen LogP contribution is -1.95. The van der Waals surface area contributed by atoms with Gasteiger partial charge in [0.1, 0.15) is 11.5 Å². The first-order valence-electron chi connectivity index (χ1n) is 5.40. The van der Waals surface area contributed by atoms with Gasteiger partial charge >= 0.3 is 0 Å². The molecule has 1 nitrogen and oxygen atoms in total. The van der Waals surface area contributed by atoms with Crippen LogP contribution in [0.15, 0.2) is 16.5 Å². The van der Waals surface area contributed by atoms with E-state index in [9.17, 15) is 0 Å². The number of rotatable bonds is 3. The molecule has 72 valence electrons. The maximum absolute atomic E-state index is 5.54. The molecule has 1 aliphatic carbocycles. The highest BCUT2D eigenvalue weighted by Crippen LogP contribution is 2.28. The highest BCUT2D eigenvalue weighted by Gasteiger charge is 2.14. The monoisotopic (exact) mass is 178 g/mol. The summed E-state index contributed by atoms with van der Waals surface area (Å²) in [4.78, 5) is 0. The number of aryl methyl sites for hydroxylation is 2. The summed E-state index contributed by atoms with van der Waals surface area (Å²) in [7, 11) is 0. The quantitative estimate of drug-likeness (QED) is 0.687. The summed E-state index contributed by atoms with van der Waals surface area (Å²) in [5.41, 5.74) is 0. The van der Waals surface area contributed by atoms with Crippen molar-refractivity contribution in [2.24, 2.45) is 5.92 Å². The van der Waals surface area contributed by atoms with Gasteiger partial charge < -0.3 is 4.42 Å². The van der Waals surface area contributed by atoms with Crippen molar-refractivity contribution in [2.75, 3.05) is 0 Å². The molecule has 1 heterocycles. The fourth-order valence-corrected chi connectivity index (χ4v) is 2.26. The van der Waals surface area contributed by atoms with Crippen LogP contribution in [-0.4, -0.2) is 0 Å². The fourth-order valence-electron chi connectivity index (χ4n) is 2.26. The standard InChI is InChI=1S/C12H18O/c1-10-6-8-12(13-10)9-7-11-4-2-3-5-11/h6,8,11H,2-5,7,9H2,1H3. The number of furan rings is 1. The highest BCUT2D eigenvalue weighted by molar-refractivity contribution is 5.05. The molecule has 0 atom stereocenters. The molecule has 1 aromatic heterocycles. The Morgan fingerprint density at radius 2 is 2.08 bits per heavy atom. The van der Waals surface area contributed by atoms with Crippen molar-refractivity contribution in [2.45, 2.75) is 45.4 Å². The molecule has 0 bridgehead atoms. The second kappa shape index (κ2) is 3.99. The minimum atomic E-state index is 0.977. The summed E-state index contributed by atoms with van der Waals surface area (Å²) < 4.78 is 5.54. The molecular weight excluding hydrogens is 160 g/mol. The summed E-state index contributed by atoms with van der Waals surface area (Å²) >= 11 is 0. The second-order valence-corrected chi connectivity index (χ2v) is 4.20. The first kappa shape index (κ1) is 8.86. The minimum Gasteiger partial charge on any atom is -0.466 e. The van der Waals surface area contributed by atoms with Crippen molar-refractivity contribution in [3.05, 3.63) is 23.7 Å². The summed E-state index contributed by atoms with van der Waals surface area (Å²) in [5.74, 6) is 3.19. The Kier molecular flexibility index (Phi) is 2.72. The molecule has 0 unspecified atom stereocenters. The molecule has 0 saturated heterocycles. The largest absolute Gasteiger partial charge is 0.466 e. The summed E-state index contributed by atoms with van der Waals surface area (Å²) in [5, 5.41) is 0. The van der Waals surface area contributed by atoms with E-state index in [1.54, 1.807) is 0 Å². The van der Waals surface area contributed by atoms with Gasteiger partial charge in [-0.2, -0.15) is 0 Å². The second-order valence-electron chi connectivity index (χ2n) is 4.20. The van der Waals surface area contributed by atoms with Crippen molar-refractivity contribution in [1.29, 1.82) is 0 Å². The third-order valence-corrected chi connectivity index (χ3v) is 3.07. The van der Waals surface area contributed by atoms with E-state index < -0.39 is 0 Å². The summed E-state index contributed by atoms with van der Waals surface area (Å²) in [6.45, 7) is 2.01. The van der Waals surface area contributed by atoms with Gasteiger partial charge in [0.25, 0.3) is 0 Å². The molecule has 0 aliphatic heterocycles. The molecule has 1 aromatic rings. The van der Waals surface area contributed by atoms with E-state index in [4.69, 9.17) is 4.42 Å². The Morgan fingerprint density at radius 3 is 2.69 bits per heavy atom. The number of hydrogen-bond acceptors (Lipinski definition) is 1. The van der Waals surface area contributed by atoms with Crippen LogP contribution in [0.2, 0.25) is 0 Å². The van der Waals surface area contributed by atoms with Gasteiger partial charge in [0.15, 0.2) is 0 Å². The average Bonchev–Trinajstić information content (AvgIpc) is 2.71. The van der Waals surface area contributed by atoms with Crippen molar-refractivity contribution in [1.82, 2.24) is 0 Å². The Labute approximate surface area is 80.1 Å². The molecule has 0 aromatic carbocycles. The van der Waals surface area contributed by atoms with Crippen LogP contribution in [0.1, 0.15) is 43.6 Å². The first-order valence-corrected chi connectivity index (χ1v) is 5.40. The van der Waals surface area contributed by atoms with E-state index in [0.29, 0.717) is 0 Å². The van der Waals surface area contributed by atoms with Crippen LogP contribution in [0.25, 0.3) is 0 Å². The predicted molar refractivity (Wildman–Crippen MR) is 53.7 cm³/mol. The normalized spacial score (nSPS) is 18.2. The van der Waals surface area contributed by atoms with Crippen LogP contribution >= 0.6 is 0 Å². The van der Waals surface area contributed by atoms with Crippen LogP contribution in [0.3, 0.4) is 0 Å². The van der Waals surface area contributed by atoms with Gasteiger partial charge in [0.05, 0.1) is 0 Å². The maximum atomic E-state index is 5.54. The lowest BCUT2D eigenvalue weighted by atomic mass is 10.0. The third-order valence-electron chi connectivity index (χ3n) is 3.07. The minimum absolute atomic E-state index is 0.977. The third kappa shape index (κ3) is 2.36. The molecular formula is C12H18O. The van der Waals surface area contributed by atoms with Gasteiger partial charge in [-0.15, -0.1) is 0 Å². The zero-order valence-corrected chi connectivity index (χ0v) is 8.38. The zero-order valence-electron chi connectivity index (χ0n) is 8.38. The Balaban J connectivity index is 1.78. The van der Waals surface area contributed by atoms with Crippen LogP contribution in [0, 0.1) is 12.8 Å². The lowest BCUT2D eigenvalue weighted by molar-refractivity contribution is 0.436. The van der Waals surface area contributed by atoms with Gasteiger partial charge in [-0.05, 0) is 31.4 Å². The average molecular weight is 178 g/mol. The molecule has 0 N–H and O–H groups in total. The smallest absolute Gasteiger partial charge is 0.104 e. The molecule has 2 rings (SSSR count). The molecule has 1 saturated carbocycles. The Bertz CT molecular complexity index is 256. The van der Waals surface area contributed by atoms with Gasteiger partial charge in [-0.25, -0.2) is 0 Å². The number of hydrogen-bond donors (Lipinski definition) is 0. The maximum Gasteiger partial charge on any atom is 0.104 e. The first-order chi connectivity index (χ1) is 6.34. The van der Waals surface area contributed by atoms with Crippen LogP contribution in [0.5, 0.6) is 0 Å². The SMILES string of the molecule is Cc1ccc(CCC2CCCC2)o1. The van der Waals surface area contributed by atoms with Gasteiger partial charge in [0, 0.05) is 6.42 Å². The van der Waals surface area contributed by atoms with E-state index >= 15 is 0 Å². The Hall–Kier alpha value is -0.720. The van der Waals surface area contributed by atoms with E-state index in [1.165, 1.54) is 37.9 Å². The molecule has 0 spiro atoms. The van der Waals surface area contributed by atoms with Crippen LogP contribution < -0.4 is 0 Å². The summed E-state index contributed by atoms with van der Waals surface area (Å²) in [6, 6.07) is 4.17. The molecule has 1 fully saturated rings. The van der Waals surface area contributed by atoms with Gasteiger partial charge in [0.2, 0.25) is 0 Å². The Morgan fingerprint density at radius 1 is 1.31 bits per heavy atom. The van der Waals surface area contributed by atoms with E-state index in [2.05, 4.69) is 12.1 Å². The van der Waals surface area contributed by atoms with Crippen molar-refractivity contribution >= 4 is 0 Å². The van der Waals surface area contributed by atoms with E-state index in [-0.39, 0.29) is 0 Å². The summed E-state index contributed by atoms with van der Waals surface area (Å²) in [6.07, 6.45) is 8.24. The molecule has 1 aliphatic rings. The van der Waals surface area contributed by atoms with E-state index in [1.807, 2.05) is 6.92 Å². The molecule has 1 heteroatoms. The van der Waals surface area contributed by atoms with E-state index in [0.717, 1.165) is 18.1 Å². The van der Waals surface area contributed by atoms with Gasteiger partial charge in [-0.1, -0.05) is 25.7 Å². The fraction of sp³-hybridized carbons (Fsp3) is 0.667.